The predicted octanol–water partition coefficient (Wildman–Crippen LogP) is 40.5. The smallest absolute Gasteiger partial charge is 0.0622 e. The molecule has 0 aromatic heterocycles. The van der Waals surface area contributed by atoms with Crippen molar-refractivity contribution >= 4 is 0 Å². The standard InChI is InChI=1S/C29H50O.C29H52O.3C28H50O.CH4/c1-20(7-6-13-26(2)15-16-26)23-10-11-24-22-9-8-21-19-27(3,30)17-18-28(21,4)25(22)12-14-29(23,24)5;1-20(9-8-15-26(2,3)4)23-12-13-24-22-11-10-21-19-27(5,30)17-18-28(21,6)25(22)14-16-29(23,24)7;3*1-19(2)8-7-9-20(3)23-12-13-24-22-11-10-21-18-26(4,29)16-17-27(21,5)25(22)14-15-28(23,24)6;/h20-25,30H,6-19H2,1-5H3;20-25,30H,8-19H2,1-7H3;3*19-25,29H,7-18H2,1-6H3;1H4/t2*20-,21+,22+,23-,24+,25+,27+,28+,29-;3*20-,21+,22+,23-,24+,25+,26+,27+,28-;/m11111./s1. The maximum Gasteiger partial charge on any atom is 0.0622 e. The lowest BCUT2D eigenvalue weighted by atomic mass is 9.43. The Balaban J connectivity index is 0.000000132. The molecule has 5 nitrogen and oxygen atoms in total. The zero-order chi connectivity index (χ0) is 106. The van der Waals surface area contributed by atoms with E-state index in [2.05, 4.69) is 208 Å². The summed E-state index contributed by atoms with van der Waals surface area (Å²) in [5, 5.41) is 53.6. The van der Waals surface area contributed by atoms with Crippen molar-refractivity contribution in [2.75, 3.05) is 0 Å². The van der Waals surface area contributed by atoms with Crippen LogP contribution >= 0.6 is 0 Å². The summed E-state index contributed by atoms with van der Waals surface area (Å²) in [6.45, 7) is 74.2. The highest BCUT2D eigenvalue weighted by Crippen LogP contribution is 2.77. The first kappa shape index (κ1) is 120. The highest BCUT2D eigenvalue weighted by atomic mass is 16.3. The van der Waals surface area contributed by atoms with E-state index in [0.717, 1.165) is 265 Å². The van der Waals surface area contributed by atoms with Crippen LogP contribution in [0.2, 0.25) is 0 Å². The van der Waals surface area contributed by atoms with Crippen molar-refractivity contribution in [1.82, 2.24) is 0 Å². The number of aliphatic hydroxyl groups is 5. The van der Waals surface area contributed by atoms with Gasteiger partial charge in [0.25, 0.3) is 0 Å². The number of hydrogen-bond acceptors (Lipinski definition) is 5. The summed E-state index contributed by atoms with van der Waals surface area (Å²) in [5.41, 5.74) is 4.82. The van der Waals surface area contributed by atoms with E-state index in [4.69, 9.17) is 0 Å². The highest BCUT2D eigenvalue weighted by Gasteiger charge is 2.69. The number of hydrogen-bond donors (Lipinski definition) is 5. The molecule has 0 aliphatic heterocycles. The van der Waals surface area contributed by atoms with E-state index in [0.29, 0.717) is 59.6 Å². The topological polar surface area (TPSA) is 101 Å². The normalized spacial score (nSPS) is 50.6. The van der Waals surface area contributed by atoms with Gasteiger partial charge in [0.2, 0.25) is 0 Å². The molecule has 0 unspecified atom stereocenters. The van der Waals surface area contributed by atoms with E-state index in [-0.39, 0.29) is 7.43 Å². The quantitative estimate of drug-likeness (QED) is 0.0663. The molecule has 21 aliphatic rings. The molecule has 0 aromatic carbocycles. The summed E-state index contributed by atoms with van der Waals surface area (Å²) < 4.78 is 0. The van der Waals surface area contributed by atoms with Crippen molar-refractivity contribution < 1.29 is 25.5 Å². The van der Waals surface area contributed by atoms with Crippen LogP contribution in [0.3, 0.4) is 0 Å². The Morgan fingerprint density at radius 3 is 0.581 bits per heavy atom. The molecule has 21 rings (SSSR count). The second-order valence-corrected chi connectivity index (χ2v) is 68.9. The highest BCUT2D eigenvalue weighted by molar-refractivity contribution is 5.19. The molecule has 0 bridgehead atoms. The monoisotopic (exact) mass is 2050 g/mol. The van der Waals surface area contributed by atoms with Crippen LogP contribution in [-0.2, 0) is 0 Å². The molecule has 21 fully saturated rings. The first-order valence-corrected chi connectivity index (χ1v) is 67.2. The van der Waals surface area contributed by atoms with Crippen LogP contribution in [0.1, 0.15) is 613 Å². The van der Waals surface area contributed by atoms with Crippen LogP contribution in [0.4, 0.5) is 0 Å². The van der Waals surface area contributed by atoms with E-state index in [1.54, 1.807) is 0 Å². The maximum absolute atomic E-state index is 10.7. The van der Waals surface area contributed by atoms with Crippen LogP contribution in [-0.4, -0.2) is 53.5 Å². The Kier molecular flexibility index (Phi) is 36.7. The molecule has 21 aliphatic carbocycles. The molecule has 5 N–H and O–H groups in total. The minimum Gasteiger partial charge on any atom is -0.390 e. The molecule has 858 valence electrons. The van der Waals surface area contributed by atoms with Crippen molar-refractivity contribution in [2.45, 2.75) is 641 Å². The van der Waals surface area contributed by atoms with Gasteiger partial charge in [0.15, 0.2) is 0 Å². The third kappa shape index (κ3) is 24.0. The molecule has 0 spiro atoms. The summed E-state index contributed by atoms with van der Waals surface area (Å²) in [5.74, 6) is 30.3. The molecule has 0 saturated heterocycles. The largest absolute Gasteiger partial charge is 0.390 e. The number of fused-ring (bicyclic) bond motifs is 25. The third-order valence-electron chi connectivity index (χ3n) is 57.0. The van der Waals surface area contributed by atoms with Gasteiger partial charge in [-0.15, -0.1) is 0 Å². The lowest BCUT2D eigenvalue weighted by Gasteiger charge is -2.62. The first-order valence-electron chi connectivity index (χ1n) is 67.2. The average Bonchev–Trinajstić information content (AvgIpc) is 1.45. The predicted molar refractivity (Wildman–Crippen MR) is 632 cm³/mol. The molecule has 45 atom stereocenters. The van der Waals surface area contributed by atoms with Gasteiger partial charge >= 0.3 is 0 Å². The maximum atomic E-state index is 10.7. The lowest BCUT2D eigenvalue weighted by molar-refractivity contribution is -0.148. The second-order valence-electron chi connectivity index (χ2n) is 68.9. The van der Waals surface area contributed by atoms with Gasteiger partial charge in [-0.3, -0.25) is 0 Å². The fourth-order valence-corrected chi connectivity index (χ4v) is 47.9. The number of rotatable bonds is 24. The Labute approximate surface area is 920 Å². The SMILES string of the molecule is C.CC(C)CCC[C@@H](C)[C@H]1CC[C@H]2[C@@H]3CC[C@H]4C[C@@](C)(O)CC[C@]4(C)[C@H]3CC[C@]12C.CC(C)CCC[C@@H](C)[C@H]1CC[C@H]2[C@@H]3CC[C@H]4C[C@@](C)(O)CC[C@]4(C)[C@H]3CC[C@]12C.CC(C)CCC[C@@H](C)[C@H]1CC[C@H]2[C@@H]3CC[C@H]4C[C@@](C)(O)CC[C@]4(C)[C@H]3CC[C@]12C.C[C@H](CCCC(C)(C)C)[C@H]1CC[C@H]2[C@@H]3CC[C@H]4C[C@@](C)(O)CC[C@]4(C)[C@H]3CC[C@]12C.C[C@H](CCCC1(C)CC1)[C@H]1CC[C@H]2[C@@H]3CC[C@H]4C[C@@](C)(O)CC[C@]4(C)[C@H]3CC[C@]12C. The molecule has 0 amide bonds. The molecule has 21 saturated carbocycles. The molecule has 5 heteroatoms. The average molecular weight is 2060 g/mol. The van der Waals surface area contributed by atoms with Crippen LogP contribution < -0.4 is 0 Å². The summed E-state index contributed by atoms with van der Waals surface area (Å²) in [7, 11) is 0. The van der Waals surface area contributed by atoms with Crippen LogP contribution in [0.5, 0.6) is 0 Å². The van der Waals surface area contributed by atoms with Crippen molar-refractivity contribution in [2.24, 2.45) is 260 Å². The Hall–Kier alpha value is -0.200. The van der Waals surface area contributed by atoms with E-state index >= 15 is 0 Å². The lowest BCUT2D eigenvalue weighted by Crippen LogP contribution is -2.55. The molecule has 148 heavy (non-hydrogen) atoms. The minimum absolute atomic E-state index is 0. The van der Waals surface area contributed by atoms with Gasteiger partial charge in [-0.2, -0.15) is 0 Å². The van der Waals surface area contributed by atoms with Gasteiger partial charge in [-0.1, -0.05) is 264 Å². The van der Waals surface area contributed by atoms with Gasteiger partial charge in [-0.05, 0) is 610 Å². The van der Waals surface area contributed by atoms with Crippen LogP contribution in [0.15, 0.2) is 0 Å². The van der Waals surface area contributed by atoms with Gasteiger partial charge in [0.05, 0.1) is 28.0 Å². The Morgan fingerprint density at radius 1 is 0.203 bits per heavy atom. The second kappa shape index (κ2) is 45.2. The summed E-state index contributed by atoms with van der Waals surface area (Å²) in [6.07, 6.45) is 85.3. The van der Waals surface area contributed by atoms with Crippen molar-refractivity contribution in [3.63, 3.8) is 0 Å². The van der Waals surface area contributed by atoms with E-state index < -0.39 is 28.0 Å². The molecular formula is C143H256O5. The fourth-order valence-electron chi connectivity index (χ4n) is 47.9. The van der Waals surface area contributed by atoms with Gasteiger partial charge in [0.1, 0.15) is 0 Å². The Bertz CT molecular complexity index is 3880. The summed E-state index contributed by atoms with van der Waals surface area (Å²) in [6, 6.07) is 0. The van der Waals surface area contributed by atoms with Gasteiger partial charge in [-0.25, -0.2) is 0 Å². The molecular weight excluding hydrogens is 1800 g/mol. The van der Waals surface area contributed by atoms with Gasteiger partial charge < -0.3 is 25.5 Å². The van der Waals surface area contributed by atoms with Crippen molar-refractivity contribution in [3.05, 3.63) is 0 Å². The van der Waals surface area contributed by atoms with Gasteiger partial charge in [0, 0.05) is 0 Å². The van der Waals surface area contributed by atoms with E-state index in [9.17, 15) is 25.5 Å². The minimum atomic E-state index is -0.402. The zero-order valence-electron chi connectivity index (χ0n) is 104. The zero-order valence-corrected chi connectivity index (χ0v) is 104. The molecule has 0 aromatic rings. The van der Waals surface area contributed by atoms with Crippen molar-refractivity contribution in [1.29, 1.82) is 0 Å². The Morgan fingerprint density at radius 2 is 0.392 bits per heavy atom. The van der Waals surface area contributed by atoms with E-state index in [1.807, 2.05) is 0 Å². The van der Waals surface area contributed by atoms with E-state index in [1.165, 1.54) is 334 Å². The molecule has 0 radical (unpaired) electrons. The fraction of sp³-hybridized carbons (Fsp3) is 1.00. The van der Waals surface area contributed by atoms with Crippen LogP contribution in [0.25, 0.3) is 0 Å². The summed E-state index contributed by atoms with van der Waals surface area (Å²) in [4.78, 5) is 0. The summed E-state index contributed by atoms with van der Waals surface area (Å²) >= 11 is 0. The van der Waals surface area contributed by atoms with Crippen molar-refractivity contribution in [3.8, 4) is 0 Å². The first-order chi connectivity index (χ1) is 68.6. The van der Waals surface area contributed by atoms with Crippen LogP contribution in [0, 0.1) is 260 Å². The molecule has 0 heterocycles. The third-order valence-corrected chi connectivity index (χ3v) is 57.0.